The first-order chi connectivity index (χ1) is 27.1. The number of unbranched alkanes of at least 4 members (excludes halogenated alkanes) is 1. The van der Waals surface area contributed by atoms with Crippen molar-refractivity contribution < 1.29 is 56.0 Å². The van der Waals surface area contributed by atoms with Gasteiger partial charge in [0.25, 0.3) is 0 Å². The lowest BCUT2D eigenvalue weighted by Gasteiger charge is -2.30. The summed E-state index contributed by atoms with van der Waals surface area (Å²) in [4.78, 5) is 86.7. The van der Waals surface area contributed by atoms with Crippen LogP contribution in [-0.2, 0) is 33.5 Å². The quantitative estimate of drug-likeness (QED) is 0.0628. The maximum Gasteiger partial charge on any atom is 0.427 e. The minimum absolute atomic E-state index is 0.0252. The van der Waals surface area contributed by atoms with Crippen LogP contribution in [0.1, 0.15) is 125 Å². The van der Waals surface area contributed by atoms with Gasteiger partial charge >= 0.3 is 18.2 Å². The summed E-state index contributed by atoms with van der Waals surface area (Å²) in [7, 11) is 3.03. The van der Waals surface area contributed by atoms with E-state index < -0.39 is 71.2 Å². The Balaban J connectivity index is 0.00000124. The van der Waals surface area contributed by atoms with Gasteiger partial charge in [0.1, 0.15) is 18.9 Å². The summed E-state index contributed by atoms with van der Waals surface area (Å²) < 4.78 is 56.8. The van der Waals surface area contributed by atoms with E-state index >= 15 is 0 Å². The van der Waals surface area contributed by atoms with E-state index in [9.17, 15) is 51.2 Å². The van der Waals surface area contributed by atoms with Gasteiger partial charge in [0, 0.05) is 20.0 Å². The fourth-order valence-corrected chi connectivity index (χ4v) is 5.73. The zero-order chi connectivity index (χ0) is 44.8. The number of benzene rings is 1. The summed E-state index contributed by atoms with van der Waals surface area (Å²) in [6.07, 6.45) is 1.77. The molecule has 5 amide bonds. The molecule has 0 spiro atoms. The van der Waals surface area contributed by atoms with Crippen LogP contribution in [0.25, 0.3) is 0 Å². The van der Waals surface area contributed by atoms with Crippen LogP contribution in [0.3, 0.4) is 0 Å². The van der Waals surface area contributed by atoms with E-state index in [1.807, 2.05) is 34.6 Å². The number of likely N-dealkylation sites (N-methyl/N-ethyl adjacent to an activating group) is 1. The molecule has 13 nitrogen and oxygen atoms in total. The summed E-state index contributed by atoms with van der Waals surface area (Å²) >= 11 is 0. The van der Waals surface area contributed by atoms with Crippen molar-refractivity contribution >= 4 is 41.8 Å². The number of Topliss-reactive ketones (excluding diaryl/α,β-unsaturated/α-hetero) is 1. The number of hydrogen-bond donors (Lipinski definition) is 3. The first-order valence-corrected chi connectivity index (χ1v) is 19.9. The standard InChI is InChI=1S/C26H39FN4O5.C13H20F3NO3.C2H6/c1-7-8-12-18(4)24(34)28-20(15-17(2)3)23(33)26(36)31(27)16-21(32)29-22(25(35)30(5)6)19-13-10-9-11-14-19;1-12(2,13(14,15)16)20-11(19)17-10(8-18)9-6-4-3-5-7-9;1-2/h9-11,13-14,17-18,20,22H,7-8,12,15-16H2,1-6H3,(H,28,34)(H,29,32);8-10H,3-7H2,1-2H3,(H,17,19);1-2H3. The first-order valence-electron chi connectivity index (χ1n) is 19.9. The number of nitrogens with one attached hydrogen (secondary N) is 3. The Labute approximate surface area is 340 Å². The molecule has 1 aromatic rings. The predicted molar refractivity (Wildman–Crippen MR) is 211 cm³/mol. The summed E-state index contributed by atoms with van der Waals surface area (Å²) in [5, 5.41) is 6.74. The van der Waals surface area contributed by atoms with Crippen molar-refractivity contribution in [3.63, 3.8) is 0 Å². The molecule has 0 saturated heterocycles. The summed E-state index contributed by atoms with van der Waals surface area (Å²) in [5.41, 5.74) is -2.11. The van der Waals surface area contributed by atoms with Crippen molar-refractivity contribution in [3.05, 3.63) is 35.9 Å². The van der Waals surface area contributed by atoms with Gasteiger partial charge in [0.05, 0.1) is 12.1 Å². The van der Waals surface area contributed by atoms with E-state index in [0.717, 1.165) is 58.8 Å². The van der Waals surface area contributed by atoms with Gasteiger partial charge in [-0.15, -0.1) is 0 Å². The largest absolute Gasteiger partial charge is 0.434 e. The van der Waals surface area contributed by atoms with Crippen LogP contribution in [-0.4, -0.2) is 96.3 Å². The van der Waals surface area contributed by atoms with Crippen LogP contribution in [0.4, 0.5) is 22.4 Å². The summed E-state index contributed by atoms with van der Waals surface area (Å²) in [5.74, 6) is -4.91. The average molecular weight is 832 g/mol. The van der Waals surface area contributed by atoms with Crippen molar-refractivity contribution in [3.8, 4) is 0 Å². The van der Waals surface area contributed by atoms with Gasteiger partial charge in [-0.1, -0.05) is 108 Å². The van der Waals surface area contributed by atoms with Crippen LogP contribution in [0.2, 0.25) is 0 Å². The van der Waals surface area contributed by atoms with Crippen molar-refractivity contribution in [2.45, 2.75) is 143 Å². The maximum atomic E-state index is 14.7. The zero-order valence-electron chi connectivity index (χ0n) is 35.7. The molecule has 1 aromatic carbocycles. The van der Waals surface area contributed by atoms with Crippen LogP contribution in [0, 0.1) is 17.8 Å². The highest BCUT2D eigenvalue weighted by molar-refractivity contribution is 6.38. The second-order valence-corrected chi connectivity index (χ2v) is 15.2. The molecule has 0 radical (unpaired) electrons. The molecule has 4 atom stereocenters. The molecule has 330 valence electrons. The number of alkyl halides is 3. The molecule has 58 heavy (non-hydrogen) atoms. The second kappa shape index (κ2) is 26.4. The number of carbonyl (C=O) groups excluding carboxylic acids is 7. The molecule has 1 aliphatic rings. The van der Waals surface area contributed by atoms with Crippen LogP contribution in [0.5, 0.6) is 0 Å². The number of aldehydes is 1. The fraction of sp³-hybridized carbons (Fsp3) is 0.683. The molecule has 1 fully saturated rings. The minimum atomic E-state index is -4.66. The molecule has 0 bridgehead atoms. The van der Waals surface area contributed by atoms with Gasteiger partial charge in [-0.05, 0) is 56.9 Å². The van der Waals surface area contributed by atoms with Gasteiger partial charge in [0.15, 0.2) is 0 Å². The lowest BCUT2D eigenvalue weighted by atomic mass is 9.84. The number of rotatable bonds is 18. The second-order valence-electron chi connectivity index (χ2n) is 15.2. The highest BCUT2D eigenvalue weighted by Gasteiger charge is 2.51. The average Bonchev–Trinajstić information content (AvgIpc) is 3.17. The van der Waals surface area contributed by atoms with Crippen molar-refractivity contribution in [2.75, 3.05) is 20.6 Å². The molecule has 2 rings (SSSR count). The Hall–Kier alpha value is -4.57. The topological polar surface area (TPSA) is 171 Å². The van der Waals surface area contributed by atoms with Crippen molar-refractivity contribution in [2.24, 2.45) is 17.8 Å². The van der Waals surface area contributed by atoms with E-state index in [2.05, 4.69) is 20.7 Å². The Kier molecular flexibility index (Phi) is 24.4. The molecule has 4 unspecified atom stereocenters. The molecule has 17 heteroatoms. The Morgan fingerprint density at radius 2 is 1.48 bits per heavy atom. The van der Waals surface area contributed by atoms with Gasteiger partial charge in [-0.25, -0.2) is 4.79 Å². The molecular weight excluding hydrogens is 766 g/mol. The maximum absolute atomic E-state index is 14.7. The lowest BCUT2D eigenvalue weighted by Crippen LogP contribution is -2.50. The smallest absolute Gasteiger partial charge is 0.427 e. The Morgan fingerprint density at radius 1 is 0.914 bits per heavy atom. The minimum Gasteiger partial charge on any atom is -0.434 e. The molecule has 0 aromatic heterocycles. The van der Waals surface area contributed by atoms with Crippen LogP contribution < -0.4 is 16.0 Å². The molecule has 3 N–H and O–H groups in total. The molecular formula is C41H65F4N5O8. The number of halogens is 4. The summed E-state index contributed by atoms with van der Waals surface area (Å²) in [6, 6.07) is 5.30. The number of carbonyl (C=O) groups is 7. The van der Waals surface area contributed by atoms with Gasteiger partial charge < -0.3 is 30.4 Å². The van der Waals surface area contributed by atoms with Crippen molar-refractivity contribution in [1.29, 1.82) is 0 Å². The van der Waals surface area contributed by atoms with E-state index in [1.54, 1.807) is 37.3 Å². The van der Waals surface area contributed by atoms with Gasteiger partial charge in [0.2, 0.25) is 29.1 Å². The number of alkyl carbamates (subject to hydrolysis) is 1. The van der Waals surface area contributed by atoms with Gasteiger partial charge in [-0.2, -0.15) is 18.3 Å². The first kappa shape index (κ1) is 53.4. The molecule has 0 heterocycles. The lowest BCUT2D eigenvalue weighted by molar-refractivity contribution is -0.244. The Morgan fingerprint density at radius 3 is 1.97 bits per heavy atom. The third-order valence-corrected chi connectivity index (χ3v) is 9.24. The summed E-state index contributed by atoms with van der Waals surface area (Å²) in [6.45, 7) is 11.8. The van der Waals surface area contributed by atoms with E-state index in [0.29, 0.717) is 18.3 Å². The third-order valence-electron chi connectivity index (χ3n) is 9.24. The van der Waals surface area contributed by atoms with E-state index in [-0.39, 0.29) is 30.1 Å². The number of amides is 5. The number of nitrogens with zero attached hydrogens (tertiary/aromatic N) is 2. The number of ketones is 1. The number of ether oxygens (including phenoxy) is 1. The third kappa shape index (κ3) is 18.8. The van der Waals surface area contributed by atoms with Crippen LogP contribution >= 0.6 is 0 Å². The van der Waals surface area contributed by atoms with Crippen molar-refractivity contribution in [1.82, 2.24) is 26.0 Å². The van der Waals surface area contributed by atoms with E-state index in [1.165, 1.54) is 19.0 Å². The fourth-order valence-electron chi connectivity index (χ4n) is 5.73. The molecule has 0 aliphatic heterocycles. The molecule has 1 aliphatic carbocycles. The van der Waals surface area contributed by atoms with Crippen LogP contribution in [0.15, 0.2) is 30.3 Å². The Bertz CT molecular complexity index is 1450. The monoisotopic (exact) mass is 831 g/mol. The molecule has 1 saturated carbocycles. The SMILES string of the molecule is CC.CC(C)(OC(=O)NC(C=O)C1CCCCC1)C(F)(F)F.CCCCC(C)C(=O)NC(CC(C)C)C(=O)C(=O)N(F)CC(=O)NC(C(=O)N(C)C)c1ccccc1. The normalized spacial score (nSPS) is 15.0. The predicted octanol–water partition coefficient (Wildman–Crippen LogP) is 6.80. The highest BCUT2D eigenvalue weighted by Crippen LogP contribution is 2.33. The van der Waals surface area contributed by atoms with Gasteiger partial charge in [-0.3, -0.25) is 24.0 Å². The van der Waals surface area contributed by atoms with E-state index in [4.69, 9.17) is 0 Å². The number of hydrogen-bond acceptors (Lipinski definition) is 8. The zero-order valence-corrected chi connectivity index (χ0v) is 35.7. The highest BCUT2D eigenvalue weighted by atomic mass is 19.4.